The fourth-order valence-corrected chi connectivity index (χ4v) is 2.61. The van der Waals surface area contributed by atoms with Crippen LogP contribution in [-0.2, 0) is 11.3 Å². The maximum absolute atomic E-state index is 9.84. The zero-order chi connectivity index (χ0) is 13.5. The lowest BCUT2D eigenvalue weighted by Crippen LogP contribution is -2.31. The number of halogens is 1. The molecule has 0 aliphatic heterocycles. The van der Waals surface area contributed by atoms with Crippen LogP contribution < -0.4 is 5.32 Å². The first-order chi connectivity index (χ1) is 9.24. The monoisotopic (exact) mass is 327 g/mol. The van der Waals surface area contributed by atoms with Gasteiger partial charge >= 0.3 is 0 Å². The third-order valence-corrected chi connectivity index (χ3v) is 3.98. The molecule has 0 radical (unpaired) electrons. The molecule has 1 aliphatic rings. The summed E-state index contributed by atoms with van der Waals surface area (Å²) >= 11 is 3.41. The molecule has 0 bridgehead atoms. The summed E-state index contributed by atoms with van der Waals surface area (Å²) in [6.07, 6.45) is 4.79. The Morgan fingerprint density at radius 1 is 1.26 bits per heavy atom. The average molecular weight is 328 g/mol. The van der Waals surface area contributed by atoms with E-state index in [1.54, 1.807) is 0 Å². The van der Waals surface area contributed by atoms with Crippen LogP contribution >= 0.6 is 15.9 Å². The Kier molecular flexibility index (Phi) is 6.31. The Morgan fingerprint density at radius 3 is 2.63 bits per heavy atom. The lowest BCUT2D eigenvalue weighted by Gasteiger charge is -2.16. The molecule has 4 heteroatoms. The highest BCUT2D eigenvalue weighted by Gasteiger charge is 2.16. The van der Waals surface area contributed by atoms with Crippen LogP contribution in [0.15, 0.2) is 28.7 Å². The maximum atomic E-state index is 9.84. The summed E-state index contributed by atoms with van der Waals surface area (Å²) in [6.45, 7) is 1.79. The molecule has 1 aliphatic carbocycles. The van der Waals surface area contributed by atoms with Gasteiger partial charge in [0.1, 0.15) is 0 Å². The SMILES string of the molecule is OC(CNCc1ccc(Br)cc1)COC1CCCC1. The third kappa shape index (κ3) is 5.61. The summed E-state index contributed by atoms with van der Waals surface area (Å²) in [5.74, 6) is 0. The van der Waals surface area contributed by atoms with Gasteiger partial charge in [-0.05, 0) is 30.5 Å². The Balaban J connectivity index is 1.58. The molecular weight excluding hydrogens is 306 g/mol. The Bertz CT molecular complexity index is 363. The van der Waals surface area contributed by atoms with Crippen LogP contribution in [-0.4, -0.2) is 30.5 Å². The summed E-state index contributed by atoms with van der Waals surface area (Å²) in [7, 11) is 0. The molecule has 0 spiro atoms. The van der Waals surface area contributed by atoms with Crippen LogP contribution in [0.4, 0.5) is 0 Å². The Hall–Kier alpha value is -0.420. The highest BCUT2D eigenvalue weighted by molar-refractivity contribution is 9.10. The van der Waals surface area contributed by atoms with E-state index in [9.17, 15) is 5.11 Å². The number of ether oxygens (including phenoxy) is 1. The minimum atomic E-state index is -0.420. The van der Waals surface area contributed by atoms with Crippen LogP contribution in [0.2, 0.25) is 0 Å². The molecule has 0 saturated heterocycles. The largest absolute Gasteiger partial charge is 0.389 e. The Labute approximate surface area is 123 Å². The summed E-state index contributed by atoms with van der Waals surface area (Å²) in [5.41, 5.74) is 1.21. The molecule has 106 valence electrons. The highest BCUT2D eigenvalue weighted by atomic mass is 79.9. The molecule has 1 fully saturated rings. The lowest BCUT2D eigenvalue weighted by molar-refractivity contribution is -0.00549. The first kappa shape index (κ1) is 15.0. The molecule has 2 rings (SSSR count). The van der Waals surface area contributed by atoms with E-state index in [2.05, 4.69) is 33.4 Å². The van der Waals surface area contributed by atoms with E-state index in [1.807, 2.05) is 12.1 Å². The molecule has 1 atom stereocenters. The standard InChI is InChI=1S/C15H22BrNO2/c16-13-7-5-12(6-8-13)9-17-10-14(18)11-19-15-3-1-2-4-15/h5-8,14-15,17-18H,1-4,9-11H2. The molecule has 3 nitrogen and oxygen atoms in total. The fourth-order valence-electron chi connectivity index (χ4n) is 2.35. The quantitative estimate of drug-likeness (QED) is 0.809. The predicted molar refractivity (Wildman–Crippen MR) is 80.1 cm³/mol. The van der Waals surface area contributed by atoms with Gasteiger partial charge in [-0.15, -0.1) is 0 Å². The number of aliphatic hydroxyl groups is 1. The van der Waals surface area contributed by atoms with E-state index in [0.717, 1.165) is 23.9 Å². The van der Waals surface area contributed by atoms with Crippen molar-refractivity contribution >= 4 is 15.9 Å². The van der Waals surface area contributed by atoms with Gasteiger partial charge in [-0.1, -0.05) is 40.9 Å². The smallest absolute Gasteiger partial charge is 0.0897 e. The minimum Gasteiger partial charge on any atom is -0.389 e. The lowest BCUT2D eigenvalue weighted by atomic mass is 10.2. The molecule has 2 N–H and O–H groups in total. The van der Waals surface area contributed by atoms with Gasteiger partial charge in [-0.2, -0.15) is 0 Å². The second-order valence-electron chi connectivity index (χ2n) is 5.15. The van der Waals surface area contributed by atoms with Crippen molar-refractivity contribution in [2.75, 3.05) is 13.2 Å². The second-order valence-corrected chi connectivity index (χ2v) is 6.07. The summed E-state index contributed by atoms with van der Waals surface area (Å²) in [5, 5.41) is 13.1. The molecule has 1 saturated carbocycles. The van der Waals surface area contributed by atoms with Gasteiger partial charge in [0.25, 0.3) is 0 Å². The average Bonchev–Trinajstić information content (AvgIpc) is 2.92. The number of aliphatic hydroxyl groups excluding tert-OH is 1. The number of hydrogen-bond acceptors (Lipinski definition) is 3. The van der Waals surface area contributed by atoms with Crippen LogP contribution in [0.25, 0.3) is 0 Å². The summed E-state index contributed by atoms with van der Waals surface area (Å²) < 4.78 is 6.77. The highest BCUT2D eigenvalue weighted by Crippen LogP contribution is 2.20. The molecule has 0 heterocycles. The van der Waals surface area contributed by atoms with E-state index in [-0.39, 0.29) is 0 Å². The van der Waals surface area contributed by atoms with Crippen LogP contribution in [0.1, 0.15) is 31.2 Å². The number of hydrogen-bond donors (Lipinski definition) is 2. The Morgan fingerprint density at radius 2 is 1.95 bits per heavy atom. The first-order valence-electron chi connectivity index (χ1n) is 6.99. The molecular formula is C15H22BrNO2. The van der Waals surface area contributed by atoms with Crippen molar-refractivity contribution in [3.8, 4) is 0 Å². The van der Waals surface area contributed by atoms with Crippen molar-refractivity contribution in [2.45, 2.75) is 44.4 Å². The zero-order valence-electron chi connectivity index (χ0n) is 11.1. The van der Waals surface area contributed by atoms with Gasteiger partial charge in [0.05, 0.1) is 18.8 Å². The van der Waals surface area contributed by atoms with E-state index in [0.29, 0.717) is 19.3 Å². The van der Waals surface area contributed by atoms with E-state index in [1.165, 1.54) is 18.4 Å². The summed E-state index contributed by atoms with van der Waals surface area (Å²) in [4.78, 5) is 0. The second kappa shape index (κ2) is 8.00. The third-order valence-electron chi connectivity index (χ3n) is 3.45. The van der Waals surface area contributed by atoms with Gasteiger partial charge < -0.3 is 15.2 Å². The number of benzene rings is 1. The zero-order valence-corrected chi connectivity index (χ0v) is 12.7. The van der Waals surface area contributed by atoms with Crippen molar-refractivity contribution in [2.24, 2.45) is 0 Å². The topological polar surface area (TPSA) is 41.5 Å². The van der Waals surface area contributed by atoms with E-state index >= 15 is 0 Å². The minimum absolute atomic E-state index is 0.376. The van der Waals surface area contributed by atoms with Crippen molar-refractivity contribution < 1.29 is 9.84 Å². The molecule has 1 aromatic rings. The molecule has 19 heavy (non-hydrogen) atoms. The van der Waals surface area contributed by atoms with Gasteiger partial charge in [0, 0.05) is 17.6 Å². The van der Waals surface area contributed by atoms with Gasteiger partial charge in [0.2, 0.25) is 0 Å². The first-order valence-corrected chi connectivity index (χ1v) is 7.78. The molecule has 0 amide bonds. The predicted octanol–water partition coefficient (Wildman–Crippen LogP) is 2.86. The van der Waals surface area contributed by atoms with E-state index in [4.69, 9.17) is 4.74 Å². The van der Waals surface area contributed by atoms with Crippen molar-refractivity contribution in [3.05, 3.63) is 34.3 Å². The van der Waals surface area contributed by atoms with Crippen molar-refractivity contribution in [1.82, 2.24) is 5.32 Å². The van der Waals surface area contributed by atoms with Crippen LogP contribution in [0, 0.1) is 0 Å². The molecule has 1 unspecified atom stereocenters. The van der Waals surface area contributed by atoms with Gasteiger partial charge in [-0.25, -0.2) is 0 Å². The van der Waals surface area contributed by atoms with Crippen molar-refractivity contribution in [3.63, 3.8) is 0 Å². The maximum Gasteiger partial charge on any atom is 0.0897 e. The number of nitrogens with one attached hydrogen (secondary N) is 1. The van der Waals surface area contributed by atoms with Crippen LogP contribution in [0.3, 0.4) is 0 Å². The molecule has 1 aromatic carbocycles. The van der Waals surface area contributed by atoms with Crippen LogP contribution in [0.5, 0.6) is 0 Å². The molecule has 0 aromatic heterocycles. The van der Waals surface area contributed by atoms with Crippen molar-refractivity contribution in [1.29, 1.82) is 0 Å². The van der Waals surface area contributed by atoms with E-state index < -0.39 is 6.10 Å². The fraction of sp³-hybridized carbons (Fsp3) is 0.600. The number of rotatable bonds is 7. The normalized spacial score (nSPS) is 17.8. The van der Waals surface area contributed by atoms with Gasteiger partial charge in [0.15, 0.2) is 0 Å². The van der Waals surface area contributed by atoms with Gasteiger partial charge in [-0.3, -0.25) is 0 Å². The summed E-state index contributed by atoms with van der Waals surface area (Å²) in [6, 6.07) is 8.18.